The number of allylic oxidation sites excluding steroid dienone is 1. The molecule has 0 radical (unpaired) electrons. The van der Waals surface area contributed by atoms with Crippen molar-refractivity contribution in [1.82, 2.24) is 4.98 Å². The maximum absolute atomic E-state index is 4.52. The lowest BCUT2D eigenvalue weighted by molar-refractivity contribution is 1.24. The Morgan fingerprint density at radius 2 is 1.68 bits per heavy atom. The molecule has 1 aromatic heterocycles. The zero-order chi connectivity index (χ0) is 14.9. The highest BCUT2D eigenvalue weighted by atomic mass is 14.7. The summed E-state index contributed by atoms with van der Waals surface area (Å²) in [6.07, 6.45) is 5.20. The molecule has 3 aromatic rings. The molecule has 0 aliphatic heterocycles. The third-order valence-electron chi connectivity index (χ3n) is 4.36. The molecule has 0 saturated heterocycles. The Morgan fingerprint density at radius 1 is 0.864 bits per heavy atom. The van der Waals surface area contributed by atoms with Crippen LogP contribution in [0.15, 0.2) is 66.9 Å². The van der Waals surface area contributed by atoms with E-state index in [9.17, 15) is 0 Å². The highest BCUT2D eigenvalue weighted by Gasteiger charge is 2.19. The average Bonchev–Trinajstić information content (AvgIpc) is 3.03. The van der Waals surface area contributed by atoms with Crippen LogP contribution in [0.3, 0.4) is 0 Å². The fourth-order valence-electron chi connectivity index (χ4n) is 3.17. The lowest BCUT2D eigenvalue weighted by atomic mass is 9.96. The molecular formula is C21H17N. The van der Waals surface area contributed by atoms with Gasteiger partial charge in [-0.1, -0.05) is 48.5 Å². The van der Waals surface area contributed by atoms with Crippen LogP contribution in [0.2, 0.25) is 0 Å². The molecule has 1 aliphatic rings. The van der Waals surface area contributed by atoms with Crippen molar-refractivity contribution in [2.24, 2.45) is 0 Å². The molecule has 106 valence electrons. The van der Waals surface area contributed by atoms with E-state index in [2.05, 4.69) is 66.5 Å². The van der Waals surface area contributed by atoms with Crippen LogP contribution in [0.5, 0.6) is 0 Å². The monoisotopic (exact) mass is 283 g/mol. The molecular weight excluding hydrogens is 266 g/mol. The summed E-state index contributed by atoms with van der Waals surface area (Å²) < 4.78 is 0. The summed E-state index contributed by atoms with van der Waals surface area (Å²) >= 11 is 0. The minimum absolute atomic E-state index is 1.01. The van der Waals surface area contributed by atoms with E-state index in [-0.39, 0.29) is 0 Å². The van der Waals surface area contributed by atoms with Crippen molar-refractivity contribution in [2.75, 3.05) is 0 Å². The van der Waals surface area contributed by atoms with Gasteiger partial charge in [0, 0.05) is 11.8 Å². The fourth-order valence-corrected chi connectivity index (χ4v) is 3.17. The summed E-state index contributed by atoms with van der Waals surface area (Å²) in [4.78, 5) is 4.52. The number of aromatic nitrogens is 1. The second-order valence-electron chi connectivity index (χ2n) is 5.75. The molecule has 2 aromatic carbocycles. The van der Waals surface area contributed by atoms with Crippen LogP contribution in [-0.2, 0) is 6.42 Å². The Bertz CT molecular complexity index is 846. The molecule has 4 rings (SSSR count). The first-order chi connectivity index (χ1) is 10.8. The van der Waals surface area contributed by atoms with Crippen molar-refractivity contribution in [2.45, 2.75) is 13.3 Å². The summed E-state index contributed by atoms with van der Waals surface area (Å²) in [5, 5.41) is 0. The lowest BCUT2D eigenvalue weighted by Gasteiger charge is -2.09. The van der Waals surface area contributed by atoms with Gasteiger partial charge in [-0.3, -0.25) is 4.98 Å². The quantitative estimate of drug-likeness (QED) is 0.633. The van der Waals surface area contributed by atoms with E-state index >= 15 is 0 Å². The molecule has 22 heavy (non-hydrogen) atoms. The van der Waals surface area contributed by atoms with E-state index in [4.69, 9.17) is 0 Å². The minimum Gasteiger partial charge on any atom is -0.256 e. The van der Waals surface area contributed by atoms with E-state index in [0.717, 1.165) is 12.1 Å². The maximum atomic E-state index is 4.52. The van der Waals surface area contributed by atoms with Crippen molar-refractivity contribution in [1.29, 1.82) is 0 Å². The van der Waals surface area contributed by atoms with E-state index in [0.29, 0.717) is 0 Å². The Balaban J connectivity index is 1.87. The van der Waals surface area contributed by atoms with Gasteiger partial charge in [-0.2, -0.15) is 0 Å². The molecule has 1 heteroatoms. The molecule has 0 amide bonds. The number of hydrogen-bond acceptors (Lipinski definition) is 1. The smallest absolute Gasteiger partial charge is 0.0708 e. The van der Waals surface area contributed by atoms with Gasteiger partial charge in [-0.25, -0.2) is 0 Å². The lowest BCUT2D eigenvalue weighted by Crippen LogP contribution is -1.93. The van der Waals surface area contributed by atoms with Gasteiger partial charge in [0.25, 0.3) is 0 Å². The number of benzene rings is 2. The zero-order valence-electron chi connectivity index (χ0n) is 12.6. The maximum Gasteiger partial charge on any atom is 0.0708 e. The molecule has 1 aliphatic carbocycles. The SMILES string of the molecule is Cc1ccc(-c2ccccn2)c2c1CC(c1ccccc1)=C2. The summed E-state index contributed by atoms with van der Waals surface area (Å²) in [6, 6.07) is 21.1. The highest BCUT2D eigenvalue weighted by molar-refractivity contribution is 5.94. The van der Waals surface area contributed by atoms with Crippen LogP contribution >= 0.6 is 0 Å². The van der Waals surface area contributed by atoms with Gasteiger partial charge in [-0.15, -0.1) is 0 Å². The van der Waals surface area contributed by atoms with Crippen LogP contribution < -0.4 is 0 Å². The average molecular weight is 283 g/mol. The van der Waals surface area contributed by atoms with E-state index in [1.807, 2.05) is 18.3 Å². The Hall–Kier alpha value is -2.67. The van der Waals surface area contributed by atoms with Crippen LogP contribution in [0, 0.1) is 6.92 Å². The largest absolute Gasteiger partial charge is 0.256 e. The first-order valence-corrected chi connectivity index (χ1v) is 7.63. The highest BCUT2D eigenvalue weighted by Crippen LogP contribution is 2.38. The first-order valence-electron chi connectivity index (χ1n) is 7.63. The van der Waals surface area contributed by atoms with Crippen LogP contribution in [-0.4, -0.2) is 4.98 Å². The summed E-state index contributed by atoms with van der Waals surface area (Å²) in [5.74, 6) is 0. The van der Waals surface area contributed by atoms with E-state index in [1.165, 1.54) is 33.4 Å². The van der Waals surface area contributed by atoms with Crippen molar-refractivity contribution >= 4 is 11.6 Å². The molecule has 0 unspecified atom stereocenters. The Morgan fingerprint density at radius 3 is 2.45 bits per heavy atom. The van der Waals surface area contributed by atoms with Crippen LogP contribution in [0.1, 0.15) is 22.3 Å². The van der Waals surface area contributed by atoms with Crippen LogP contribution in [0.4, 0.5) is 0 Å². The first kappa shape index (κ1) is 13.0. The number of fused-ring (bicyclic) bond motifs is 1. The molecule has 0 fully saturated rings. The number of pyridine rings is 1. The predicted octanol–water partition coefficient (Wildman–Crippen LogP) is 5.15. The van der Waals surface area contributed by atoms with Gasteiger partial charge in [0.15, 0.2) is 0 Å². The molecule has 1 heterocycles. The normalized spacial score (nSPS) is 12.9. The van der Waals surface area contributed by atoms with Gasteiger partial charge in [-0.05, 0) is 59.4 Å². The van der Waals surface area contributed by atoms with Gasteiger partial charge in [0.05, 0.1) is 5.69 Å². The summed E-state index contributed by atoms with van der Waals surface area (Å²) in [6.45, 7) is 2.20. The number of hydrogen-bond donors (Lipinski definition) is 0. The Labute approximate surface area is 131 Å². The molecule has 1 nitrogen and oxygen atoms in total. The molecule has 0 saturated carbocycles. The molecule has 0 bridgehead atoms. The third kappa shape index (κ3) is 2.15. The summed E-state index contributed by atoms with van der Waals surface area (Å²) in [7, 11) is 0. The predicted molar refractivity (Wildman–Crippen MR) is 92.4 cm³/mol. The number of rotatable bonds is 2. The van der Waals surface area contributed by atoms with Gasteiger partial charge >= 0.3 is 0 Å². The second-order valence-corrected chi connectivity index (χ2v) is 5.75. The third-order valence-corrected chi connectivity index (χ3v) is 4.36. The number of aryl methyl sites for hydroxylation is 1. The fraction of sp³-hybridized carbons (Fsp3) is 0.0952. The standard InChI is InChI=1S/C21H17N/c1-15-10-11-18(21-9-5-6-12-22-21)20-14-17(13-19(15)20)16-7-3-2-4-8-16/h2-12,14H,13H2,1H3. The van der Waals surface area contributed by atoms with E-state index < -0.39 is 0 Å². The number of nitrogens with zero attached hydrogens (tertiary/aromatic N) is 1. The molecule has 0 spiro atoms. The second kappa shape index (κ2) is 5.27. The van der Waals surface area contributed by atoms with Crippen molar-refractivity contribution in [3.8, 4) is 11.3 Å². The topological polar surface area (TPSA) is 12.9 Å². The van der Waals surface area contributed by atoms with Crippen molar-refractivity contribution in [3.05, 3.63) is 89.1 Å². The summed E-state index contributed by atoms with van der Waals surface area (Å²) in [5.41, 5.74) is 9.10. The van der Waals surface area contributed by atoms with Crippen LogP contribution in [0.25, 0.3) is 22.9 Å². The van der Waals surface area contributed by atoms with Gasteiger partial charge in [0.2, 0.25) is 0 Å². The van der Waals surface area contributed by atoms with E-state index in [1.54, 1.807) is 0 Å². The minimum atomic E-state index is 1.01. The van der Waals surface area contributed by atoms with Gasteiger partial charge < -0.3 is 0 Å². The van der Waals surface area contributed by atoms with Crippen molar-refractivity contribution < 1.29 is 0 Å². The Kier molecular flexibility index (Phi) is 3.12. The zero-order valence-corrected chi connectivity index (χ0v) is 12.6. The van der Waals surface area contributed by atoms with Gasteiger partial charge in [0.1, 0.15) is 0 Å². The van der Waals surface area contributed by atoms with Crippen molar-refractivity contribution in [3.63, 3.8) is 0 Å². The molecule has 0 atom stereocenters. The molecule has 0 N–H and O–H groups in total.